The third kappa shape index (κ3) is 4.60. The average Bonchev–Trinajstić information content (AvgIpc) is 3.11. The van der Waals surface area contributed by atoms with E-state index in [1.165, 1.54) is 44.0 Å². The molecule has 2 N–H and O–H groups in total. The normalized spacial score (nSPS) is 15.0. The van der Waals surface area contributed by atoms with Crippen molar-refractivity contribution in [2.45, 2.75) is 44.4 Å². The van der Waals surface area contributed by atoms with Crippen LogP contribution in [0, 0.1) is 0 Å². The molecule has 7 nitrogen and oxygen atoms in total. The van der Waals surface area contributed by atoms with Crippen molar-refractivity contribution in [2.75, 3.05) is 6.54 Å². The molecule has 1 aliphatic carbocycles. The van der Waals surface area contributed by atoms with Gasteiger partial charge in [-0.15, -0.1) is 11.3 Å². The van der Waals surface area contributed by atoms with E-state index in [2.05, 4.69) is 20.7 Å². The standard InChI is InChI=1S/C17H20N4O3S/c22-16(12-8-20-13(9-19-12)17(23)24)18-7-6-15-21-14(10-25-15)11-4-2-1-3-5-11/h8-11H,1-7H2,(H,18,22)(H,23,24). The molecule has 0 aromatic carbocycles. The van der Waals surface area contributed by atoms with Crippen molar-refractivity contribution in [3.63, 3.8) is 0 Å². The molecule has 2 aromatic rings. The van der Waals surface area contributed by atoms with E-state index in [0.717, 1.165) is 11.2 Å². The molecule has 1 amide bonds. The highest BCUT2D eigenvalue weighted by atomic mass is 32.1. The third-order valence-corrected chi connectivity index (χ3v) is 5.25. The van der Waals surface area contributed by atoms with Crippen LogP contribution in [-0.4, -0.2) is 38.5 Å². The fraction of sp³-hybridized carbons (Fsp3) is 0.471. The highest BCUT2D eigenvalue weighted by Crippen LogP contribution is 2.33. The summed E-state index contributed by atoms with van der Waals surface area (Å²) < 4.78 is 0. The van der Waals surface area contributed by atoms with Crippen molar-refractivity contribution in [1.29, 1.82) is 0 Å². The monoisotopic (exact) mass is 360 g/mol. The Morgan fingerprint density at radius 2 is 1.88 bits per heavy atom. The van der Waals surface area contributed by atoms with Crippen LogP contribution in [0.15, 0.2) is 17.8 Å². The maximum absolute atomic E-state index is 12.0. The number of nitrogens with zero attached hydrogens (tertiary/aromatic N) is 3. The van der Waals surface area contributed by atoms with Gasteiger partial charge >= 0.3 is 5.97 Å². The van der Waals surface area contributed by atoms with Gasteiger partial charge in [0.25, 0.3) is 5.91 Å². The number of amides is 1. The van der Waals surface area contributed by atoms with E-state index < -0.39 is 5.97 Å². The Balaban J connectivity index is 1.48. The van der Waals surface area contributed by atoms with Gasteiger partial charge in [0, 0.05) is 24.3 Å². The first-order chi connectivity index (χ1) is 12.1. The summed E-state index contributed by atoms with van der Waals surface area (Å²) in [6.07, 6.45) is 9.28. The summed E-state index contributed by atoms with van der Waals surface area (Å²) in [7, 11) is 0. The second-order valence-electron chi connectivity index (χ2n) is 6.10. The summed E-state index contributed by atoms with van der Waals surface area (Å²) in [4.78, 5) is 34.9. The summed E-state index contributed by atoms with van der Waals surface area (Å²) in [5.41, 5.74) is 1.11. The molecule has 0 unspecified atom stereocenters. The second-order valence-corrected chi connectivity index (χ2v) is 7.04. The molecule has 1 saturated carbocycles. The topological polar surface area (TPSA) is 105 Å². The fourth-order valence-electron chi connectivity index (χ4n) is 2.96. The Morgan fingerprint density at radius 3 is 2.56 bits per heavy atom. The highest BCUT2D eigenvalue weighted by molar-refractivity contribution is 7.09. The molecule has 25 heavy (non-hydrogen) atoms. The van der Waals surface area contributed by atoms with Crippen LogP contribution in [-0.2, 0) is 6.42 Å². The van der Waals surface area contributed by atoms with E-state index in [4.69, 9.17) is 10.1 Å². The lowest BCUT2D eigenvalue weighted by atomic mass is 9.87. The van der Waals surface area contributed by atoms with Gasteiger partial charge in [0.2, 0.25) is 0 Å². The molecule has 1 aliphatic rings. The smallest absolute Gasteiger partial charge is 0.356 e. The molecule has 0 aliphatic heterocycles. The van der Waals surface area contributed by atoms with Crippen molar-refractivity contribution in [3.8, 4) is 0 Å². The largest absolute Gasteiger partial charge is 0.476 e. The van der Waals surface area contributed by atoms with E-state index in [1.807, 2.05) is 0 Å². The molecule has 0 saturated heterocycles. The van der Waals surface area contributed by atoms with Gasteiger partial charge in [-0.1, -0.05) is 19.3 Å². The summed E-state index contributed by atoms with van der Waals surface area (Å²) in [6, 6.07) is 0. The van der Waals surface area contributed by atoms with Crippen LogP contribution in [0.3, 0.4) is 0 Å². The summed E-state index contributed by atoms with van der Waals surface area (Å²) >= 11 is 1.64. The first-order valence-electron chi connectivity index (χ1n) is 8.41. The predicted octanol–water partition coefficient (Wildman–Crippen LogP) is 2.65. The van der Waals surface area contributed by atoms with Gasteiger partial charge in [-0.25, -0.2) is 19.7 Å². The van der Waals surface area contributed by atoms with Crippen LogP contribution >= 0.6 is 11.3 Å². The minimum atomic E-state index is -1.17. The van der Waals surface area contributed by atoms with Crippen LogP contribution in [0.1, 0.15) is 69.7 Å². The highest BCUT2D eigenvalue weighted by Gasteiger charge is 2.18. The van der Waals surface area contributed by atoms with E-state index in [1.54, 1.807) is 11.3 Å². The van der Waals surface area contributed by atoms with Crippen molar-refractivity contribution in [3.05, 3.63) is 39.9 Å². The molecule has 132 valence electrons. The zero-order valence-corrected chi connectivity index (χ0v) is 14.6. The number of carboxylic acids is 1. The molecule has 8 heteroatoms. The maximum atomic E-state index is 12.0. The van der Waals surface area contributed by atoms with Crippen LogP contribution < -0.4 is 5.32 Å². The molecule has 0 radical (unpaired) electrons. The average molecular weight is 360 g/mol. The van der Waals surface area contributed by atoms with Crippen molar-refractivity contribution in [2.24, 2.45) is 0 Å². The lowest BCUT2D eigenvalue weighted by molar-refractivity contribution is 0.0689. The van der Waals surface area contributed by atoms with Gasteiger partial charge in [0.05, 0.1) is 23.1 Å². The Labute approximate surface area is 149 Å². The zero-order chi connectivity index (χ0) is 17.6. The molecule has 3 rings (SSSR count). The van der Waals surface area contributed by atoms with Gasteiger partial charge in [-0.2, -0.15) is 0 Å². The van der Waals surface area contributed by atoms with E-state index in [-0.39, 0.29) is 17.3 Å². The molecule has 2 heterocycles. The van der Waals surface area contributed by atoms with Crippen LogP contribution in [0.5, 0.6) is 0 Å². The van der Waals surface area contributed by atoms with Crippen LogP contribution in [0.25, 0.3) is 0 Å². The molecule has 0 atom stereocenters. The zero-order valence-electron chi connectivity index (χ0n) is 13.8. The van der Waals surface area contributed by atoms with Crippen molar-refractivity contribution >= 4 is 23.2 Å². The molecule has 1 fully saturated rings. The van der Waals surface area contributed by atoms with E-state index >= 15 is 0 Å². The number of carbonyl (C=O) groups excluding carboxylic acids is 1. The lowest BCUT2D eigenvalue weighted by Crippen LogP contribution is -2.26. The van der Waals surface area contributed by atoms with Gasteiger partial charge in [-0.3, -0.25) is 4.79 Å². The Hall–Kier alpha value is -2.35. The summed E-state index contributed by atoms with van der Waals surface area (Å²) in [6.45, 7) is 0.457. The first kappa shape index (κ1) is 17.5. The van der Waals surface area contributed by atoms with Crippen LogP contribution in [0.2, 0.25) is 0 Å². The predicted molar refractivity (Wildman–Crippen MR) is 93.0 cm³/mol. The molecular weight excluding hydrogens is 340 g/mol. The number of nitrogens with one attached hydrogen (secondary N) is 1. The Bertz CT molecular complexity index is 739. The number of carbonyl (C=O) groups is 2. The SMILES string of the molecule is O=C(O)c1cnc(C(=O)NCCc2nc(C3CCCCC3)cs2)cn1. The van der Waals surface area contributed by atoms with E-state index in [9.17, 15) is 9.59 Å². The van der Waals surface area contributed by atoms with Gasteiger partial charge in [0.1, 0.15) is 5.69 Å². The summed E-state index contributed by atoms with van der Waals surface area (Å²) in [5, 5.41) is 14.7. The number of hydrogen-bond donors (Lipinski definition) is 2. The second kappa shape index (κ2) is 8.15. The quantitative estimate of drug-likeness (QED) is 0.820. The summed E-state index contributed by atoms with van der Waals surface area (Å²) in [5.74, 6) is -0.943. The van der Waals surface area contributed by atoms with Gasteiger partial charge < -0.3 is 10.4 Å². The Morgan fingerprint density at radius 1 is 1.16 bits per heavy atom. The minimum absolute atomic E-state index is 0.104. The lowest BCUT2D eigenvalue weighted by Gasteiger charge is -2.19. The van der Waals surface area contributed by atoms with Crippen molar-refractivity contribution < 1.29 is 14.7 Å². The molecule has 0 bridgehead atoms. The van der Waals surface area contributed by atoms with Crippen LogP contribution in [0.4, 0.5) is 0 Å². The minimum Gasteiger partial charge on any atom is -0.476 e. The number of rotatable bonds is 6. The fourth-order valence-corrected chi connectivity index (χ4v) is 3.84. The van der Waals surface area contributed by atoms with E-state index in [0.29, 0.717) is 18.9 Å². The number of hydrogen-bond acceptors (Lipinski definition) is 6. The van der Waals surface area contributed by atoms with Crippen molar-refractivity contribution in [1.82, 2.24) is 20.3 Å². The molecular formula is C17H20N4O3S. The number of aromatic nitrogens is 3. The van der Waals surface area contributed by atoms with Gasteiger partial charge in [-0.05, 0) is 12.8 Å². The number of aromatic carboxylic acids is 1. The first-order valence-corrected chi connectivity index (χ1v) is 9.29. The Kier molecular flexibility index (Phi) is 5.70. The number of thiazole rings is 1. The maximum Gasteiger partial charge on any atom is 0.356 e. The molecule has 2 aromatic heterocycles. The number of carboxylic acid groups (broad SMARTS) is 1. The molecule has 0 spiro atoms. The van der Waals surface area contributed by atoms with Gasteiger partial charge in [0.15, 0.2) is 5.69 Å². The third-order valence-electron chi connectivity index (χ3n) is 4.32.